The van der Waals surface area contributed by atoms with Gasteiger partial charge in [0.15, 0.2) is 0 Å². The van der Waals surface area contributed by atoms with E-state index in [1.807, 2.05) is 6.08 Å². The third-order valence-corrected chi connectivity index (χ3v) is 6.68. The molecular weight excluding hydrogens is 374 g/mol. The molecule has 0 unspecified atom stereocenters. The van der Waals surface area contributed by atoms with E-state index in [0.717, 1.165) is 18.4 Å². The number of hydrogen-bond donors (Lipinski definition) is 2. The van der Waals surface area contributed by atoms with Crippen molar-refractivity contribution in [1.82, 2.24) is 9.29 Å². The van der Waals surface area contributed by atoms with E-state index in [4.69, 9.17) is 0 Å². The van der Waals surface area contributed by atoms with Crippen LogP contribution in [0, 0.1) is 13.8 Å². The molecule has 0 atom stereocenters. The highest BCUT2D eigenvalue weighted by molar-refractivity contribution is 7.89. The third kappa shape index (κ3) is 4.20. The van der Waals surface area contributed by atoms with E-state index in [-0.39, 0.29) is 16.8 Å². The zero-order chi connectivity index (χ0) is 19.9. The molecule has 0 bridgehead atoms. The van der Waals surface area contributed by atoms with Crippen LogP contribution in [0.4, 0.5) is 5.69 Å². The van der Waals surface area contributed by atoms with Crippen LogP contribution < -0.4 is 10.0 Å². The molecule has 2 N–H and O–H groups in total. The van der Waals surface area contributed by atoms with Crippen molar-refractivity contribution >= 4 is 27.7 Å². The fourth-order valence-corrected chi connectivity index (χ4v) is 4.80. The summed E-state index contributed by atoms with van der Waals surface area (Å²) in [5, 5.41) is 2.74. The summed E-state index contributed by atoms with van der Waals surface area (Å²) in [6, 6.07) is 9.06. The van der Waals surface area contributed by atoms with E-state index in [1.54, 1.807) is 12.1 Å². The fraction of sp³-hybridized carbons (Fsp3) is 0.381. The lowest BCUT2D eigenvalue weighted by atomic mass is 10.2. The quantitative estimate of drug-likeness (QED) is 0.699. The van der Waals surface area contributed by atoms with Gasteiger partial charge in [-0.05, 0) is 75.4 Å². The van der Waals surface area contributed by atoms with Gasteiger partial charge in [-0.3, -0.25) is 4.79 Å². The van der Waals surface area contributed by atoms with Gasteiger partial charge in [0.2, 0.25) is 15.9 Å². The number of sulfonamides is 1. The van der Waals surface area contributed by atoms with Crippen molar-refractivity contribution in [3.63, 3.8) is 0 Å². The molecule has 0 aliphatic heterocycles. The summed E-state index contributed by atoms with van der Waals surface area (Å²) < 4.78 is 29.6. The second kappa shape index (κ2) is 7.22. The number of aromatic nitrogens is 1. The van der Waals surface area contributed by atoms with Gasteiger partial charge in [-0.1, -0.05) is 6.07 Å². The fourth-order valence-electron chi connectivity index (χ4n) is 3.44. The number of nitrogens with one attached hydrogen (secondary N) is 2. The highest BCUT2D eigenvalue weighted by atomic mass is 32.2. The molecule has 2 aliphatic rings. The van der Waals surface area contributed by atoms with Crippen LogP contribution in [0.2, 0.25) is 0 Å². The molecule has 2 fully saturated rings. The molecule has 0 radical (unpaired) electrons. The molecule has 1 amide bonds. The molecular formula is C21H25N3O3S. The molecule has 148 valence electrons. The van der Waals surface area contributed by atoms with Gasteiger partial charge in [-0.2, -0.15) is 0 Å². The first-order valence-corrected chi connectivity index (χ1v) is 11.1. The summed E-state index contributed by atoms with van der Waals surface area (Å²) in [4.78, 5) is 12.5. The van der Waals surface area contributed by atoms with Crippen LogP contribution in [0.5, 0.6) is 0 Å². The summed E-state index contributed by atoms with van der Waals surface area (Å²) in [6.07, 6.45) is 7.49. The summed E-state index contributed by atoms with van der Waals surface area (Å²) in [5.41, 5.74) is 3.87. The number of anilines is 1. The minimum Gasteiger partial charge on any atom is -0.346 e. The lowest BCUT2D eigenvalue weighted by Gasteiger charge is -2.08. The van der Waals surface area contributed by atoms with Crippen LogP contribution in [0.15, 0.2) is 41.3 Å². The van der Waals surface area contributed by atoms with E-state index in [1.165, 1.54) is 42.4 Å². The Morgan fingerprint density at radius 1 is 1.14 bits per heavy atom. The second-order valence-corrected chi connectivity index (χ2v) is 9.39. The van der Waals surface area contributed by atoms with Crippen LogP contribution in [-0.2, 0) is 14.8 Å². The van der Waals surface area contributed by atoms with Gasteiger partial charge in [-0.25, -0.2) is 13.1 Å². The Labute approximate surface area is 165 Å². The normalized spacial score (nSPS) is 17.2. The summed E-state index contributed by atoms with van der Waals surface area (Å²) in [7, 11) is -3.54. The maximum Gasteiger partial charge on any atom is 0.248 e. The summed E-state index contributed by atoms with van der Waals surface area (Å²) >= 11 is 0. The monoisotopic (exact) mass is 399 g/mol. The molecule has 2 saturated carbocycles. The number of carbonyl (C=O) groups is 1. The van der Waals surface area contributed by atoms with Crippen molar-refractivity contribution in [2.45, 2.75) is 56.5 Å². The number of rotatable bonds is 7. The first-order chi connectivity index (χ1) is 13.3. The largest absolute Gasteiger partial charge is 0.346 e. The highest BCUT2D eigenvalue weighted by Gasteiger charge is 2.28. The van der Waals surface area contributed by atoms with Gasteiger partial charge < -0.3 is 9.88 Å². The molecule has 1 aromatic carbocycles. The molecule has 1 aromatic heterocycles. The highest BCUT2D eigenvalue weighted by Crippen LogP contribution is 2.38. The third-order valence-electron chi connectivity index (χ3n) is 5.16. The Bertz CT molecular complexity index is 1040. The smallest absolute Gasteiger partial charge is 0.248 e. The van der Waals surface area contributed by atoms with Crippen LogP contribution >= 0.6 is 0 Å². The Morgan fingerprint density at radius 2 is 1.89 bits per heavy atom. The standard InChI is InChI=1S/C21H25N3O3S/c1-14-12-16(15(2)24(14)19-9-10-19)6-11-21(25)22-18-4-3-5-20(13-18)28(26,27)23-17-7-8-17/h3-6,11-13,17,19,23H,7-10H2,1-2H3,(H,22,25). The van der Waals surface area contributed by atoms with Gasteiger partial charge in [0.1, 0.15) is 0 Å². The van der Waals surface area contributed by atoms with Crippen LogP contribution in [-0.4, -0.2) is 24.9 Å². The van der Waals surface area contributed by atoms with E-state index in [2.05, 4.69) is 34.5 Å². The number of hydrogen-bond acceptors (Lipinski definition) is 3. The number of amides is 1. The number of carbonyl (C=O) groups excluding carboxylic acids is 1. The van der Waals surface area contributed by atoms with Gasteiger partial charge in [0, 0.05) is 35.2 Å². The zero-order valence-corrected chi connectivity index (χ0v) is 16.9. The summed E-state index contributed by atoms with van der Waals surface area (Å²) in [6.45, 7) is 4.16. The van der Waals surface area contributed by atoms with Crippen molar-refractivity contribution in [2.75, 3.05) is 5.32 Å². The van der Waals surface area contributed by atoms with Gasteiger partial charge in [0.25, 0.3) is 0 Å². The van der Waals surface area contributed by atoms with Gasteiger partial charge in [-0.15, -0.1) is 0 Å². The number of benzene rings is 1. The van der Waals surface area contributed by atoms with Gasteiger partial charge in [0.05, 0.1) is 4.90 Å². The van der Waals surface area contributed by atoms with E-state index in [0.29, 0.717) is 11.7 Å². The average Bonchev–Trinajstić information content (AvgIpc) is 3.55. The van der Waals surface area contributed by atoms with E-state index >= 15 is 0 Å². The second-order valence-electron chi connectivity index (χ2n) is 7.67. The first kappa shape index (κ1) is 19.0. The predicted octanol–water partition coefficient (Wildman–Crippen LogP) is 3.53. The Balaban J connectivity index is 1.45. The molecule has 2 aliphatic carbocycles. The lowest BCUT2D eigenvalue weighted by Crippen LogP contribution is -2.25. The van der Waals surface area contributed by atoms with Crippen molar-refractivity contribution in [3.8, 4) is 0 Å². The Morgan fingerprint density at radius 3 is 2.57 bits per heavy atom. The average molecular weight is 400 g/mol. The molecule has 4 rings (SSSR count). The molecule has 6 nitrogen and oxygen atoms in total. The van der Waals surface area contributed by atoms with Crippen LogP contribution in [0.25, 0.3) is 6.08 Å². The van der Waals surface area contributed by atoms with Crippen molar-refractivity contribution < 1.29 is 13.2 Å². The molecule has 7 heteroatoms. The Kier molecular flexibility index (Phi) is 4.89. The van der Waals surface area contributed by atoms with Crippen molar-refractivity contribution in [2.24, 2.45) is 0 Å². The summed E-state index contributed by atoms with van der Waals surface area (Å²) in [5.74, 6) is -0.291. The number of aryl methyl sites for hydroxylation is 1. The van der Waals surface area contributed by atoms with Crippen LogP contribution in [0.3, 0.4) is 0 Å². The van der Waals surface area contributed by atoms with E-state index in [9.17, 15) is 13.2 Å². The first-order valence-electron chi connectivity index (χ1n) is 9.63. The number of nitrogens with zero attached hydrogens (tertiary/aromatic N) is 1. The zero-order valence-electron chi connectivity index (χ0n) is 16.1. The molecule has 28 heavy (non-hydrogen) atoms. The van der Waals surface area contributed by atoms with Crippen LogP contribution in [0.1, 0.15) is 48.7 Å². The van der Waals surface area contributed by atoms with Gasteiger partial charge >= 0.3 is 0 Å². The topological polar surface area (TPSA) is 80.2 Å². The van der Waals surface area contributed by atoms with Crippen molar-refractivity contribution in [1.29, 1.82) is 0 Å². The SMILES string of the molecule is Cc1cc(C=CC(=O)Nc2cccc(S(=O)(=O)NC3CC3)c2)c(C)n1C1CC1. The minimum atomic E-state index is -3.54. The molecule has 2 aromatic rings. The Hall–Kier alpha value is -2.38. The maximum absolute atomic E-state index is 12.3. The molecule has 0 spiro atoms. The molecule has 0 saturated heterocycles. The molecule has 1 heterocycles. The predicted molar refractivity (Wildman–Crippen MR) is 110 cm³/mol. The van der Waals surface area contributed by atoms with E-state index < -0.39 is 10.0 Å². The minimum absolute atomic E-state index is 0.0424. The lowest BCUT2D eigenvalue weighted by molar-refractivity contribution is -0.111. The van der Waals surface area contributed by atoms with Crippen molar-refractivity contribution in [3.05, 3.63) is 53.4 Å². The maximum atomic E-state index is 12.3.